The molecule has 0 saturated carbocycles. The zero-order valence-corrected chi connectivity index (χ0v) is 11.1. The van der Waals surface area contributed by atoms with Crippen LogP contribution in [0.1, 0.15) is 12.1 Å². The second-order valence-corrected chi connectivity index (χ2v) is 4.24. The van der Waals surface area contributed by atoms with Crippen LogP contribution in [0.25, 0.3) is 5.69 Å². The van der Waals surface area contributed by atoms with Crippen LogP contribution in [0.5, 0.6) is 0 Å². The van der Waals surface area contributed by atoms with E-state index in [9.17, 15) is 4.79 Å². The number of aryl methyl sites for hydroxylation is 1. The number of nitrogens with one attached hydrogen (secondary N) is 1. The van der Waals surface area contributed by atoms with E-state index in [1.54, 1.807) is 11.8 Å². The molecule has 0 bridgehead atoms. The molecular weight excluding hydrogens is 242 g/mol. The minimum atomic E-state index is -0.0514. The maximum atomic E-state index is 11.5. The van der Waals surface area contributed by atoms with Gasteiger partial charge < -0.3 is 10.1 Å². The van der Waals surface area contributed by atoms with Gasteiger partial charge in [-0.3, -0.25) is 4.79 Å². The predicted molar refractivity (Wildman–Crippen MR) is 73.4 cm³/mol. The first kappa shape index (κ1) is 13.3. The van der Waals surface area contributed by atoms with Crippen LogP contribution in [0.15, 0.2) is 36.5 Å². The Morgan fingerprint density at radius 1 is 1.32 bits per heavy atom. The molecule has 0 saturated heterocycles. The van der Waals surface area contributed by atoms with Crippen molar-refractivity contribution in [3.05, 3.63) is 42.2 Å². The summed E-state index contributed by atoms with van der Waals surface area (Å²) in [6.07, 6.45) is 2.26. The van der Waals surface area contributed by atoms with Crippen LogP contribution in [0.4, 0.5) is 5.69 Å². The minimum absolute atomic E-state index is 0.0514. The van der Waals surface area contributed by atoms with Gasteiger partial charge in [-0.05, 0) is 37.3 Å². The second kappa shape index (κ2) is 6.15. The molecule has 1 aromatic carbocycles. The molecule has 0 aliphatic carbocycles. The van der Waals surface area contributed by atoms with Gasteiger partial charge in [-0.15, -0.1) is 0 Å². The van der Waals surface area contributed by atoms with Gasteiger partial charge in [0.1, 0.15) is 0 Å². The Labute approximate surface area is 112 Å². The molecule has 1 N–H and O–H groups in total. The average Bonchev–Trinajstić information content (AvgIpc) is 2.84. The molecule has 1 aromatic heterocycles. The maximum absolute atomic E-state index is 11.5. The zero-order chi connectivity index (χ0) is 13.7. The molecule has 0 spiro atoms. The molecule has 2 rings (SSSR count). The molecular formula is C14H17N3O2. The number of benzene rings is 1. The molecule has 2 aromatic rings. The highest BCUT2D eigenvalue weighted by atomic mass is 16.5. The fourth-order valence-corrected chi connectivity index (χ4v) is 1.67. The van der Waals surface area contributed by atoms with Crippen LogP contribution in [0, 0.1) is 6.92 Å². The van der Waals surface area contributed by atoms with Crippen molar-refractivity contribution in [1.82, 2.24) is 9.78 Å². The summed E-state index contributed by atoms with van der Waals surface area (Å²) >= 11 is 0. The Balaban J connectivity index is 2.00. The number of carbonyl (C=O) groups is 1. The molecule has 0 aliphatic heterocycles. The Morgan fingerprint density at radius 3 is 2.63 bits per heavy atom. The molecule has 100 valence electrons. The van der Waals surface area contributed by atoms with Gasteiger partial charge in [-0.1, -0.05) is 0 Å². The molecule has 5 nitrogen and oxygen atoms in total. The SMILES string of the molecule is COCCC(=O)Nc1ccc(-n2ccc(C)n2)cc1. The third kappa shape index (κ3) is 3.66. The van der Waals surface area contributed by atoms with Gasteiger partial charge in [-0.2, -0.15) is 5.10 Å². The van der Waals surface area contributed by atoms with Gasteiger partial charge in [0.15, 0.2) is 0 Å². The first-order chi connectivity index (χ1) is 9.19. The van der Waals surface area contributed by atoms with E-state index in [4.69, 9.17) is 4.74 Å². The number of ether oxygens (including phenoxy) is 1. The summed E-state index contributed by atoms with van der Waals surface area (Å²) in [5, 5.41) is 7.14. The standard InChI is InChI=1S/C14H17N3O2/c1-11-7-9-17(16-11)13-5-3-12(4-6-13)15-14(18)8-10-19-2/h3-7,9H,8,10H2,1-2H3,(H,15,18). The molecule has 0 radical (unpaired) electrons. The number of anilines is 1. The highest BCUT2D eigenvalue weighted by Crippen LogP contribution is 2.13. The topological polar surface area (TPSA) is 56.1 Å². The first-order valence-corrected chi connectivity index (χ1v) is 6.10. The lowest BCUT2D eigenvalue weighted by Gasteiger charge is -2.06. The van der Waals surface area contributed by atoms with Crippen LogP contribution >= 0.6 is 0 Å². The van der Waals surface area contributed by atoms with Crippen molar-refractivity contribution >= 4 is 11.6 Å². The Bertz CT molecular complexity index is 546. The normalized spacial score (nSPS) is 10.4. The first-order valence-electron chi connectivity index (χ1n) is 6.10. The van der Waals surface area contributed by atoms with E-state index in [1.807, 2.05) is 43.5 Å². The number of nitrogens with zero attached hydrogens (tertiary/aromatic N) is 2. The molecule has 0 fully saturated rings. The Hall–Kier alpha value is -2.14. The quantitative estimate of drug-likeness (QED) is 0.895. The maximum Gasteiger partial charge on any atom is 0.226 e. The summed E-state index contributed by atoms with van der Waals surface area (Å²) in [4.78, 5) is 11.5. The highest BCUT2D eigenvalue weighted by molar-refractivity contribution is 5.90. The molecule has 0 aliphatic rings. The van der Waals surface area contributed by atoms with E-state index < -0.39 is 0 Å². The summed E-state index contributed by atoms with van der Waals surface area (Å²) in [5.74, 6) is -0.0514. The number of aromatic nitrogens is 2. The third-order valence-corrected chi connectivity index (χ3v) is 2.67. The van der Waals surface area contributed by atoms with Crippen molar-refractivity contribution < 1.29 is 9.53 Å². The number of hydrogen-bond donors (Lipinski definition) is 1. The monoisotopic (exact) mass is 259 g/mol. The number of carbonyl (C=O) groups excluding carboxylic acids is 1. The summed E-state index contributed by atoms with van der Waals surface area (Å²) in [6, 6.07) is 9.49. The summed E-state index contributed by atoms with van der Waals surface area (Å²) < 4.78 is 6.65. The lowest BCUT2D eigenvalue weighted by molar-refractivity contribution is -0.117. The molecule has 5 heteroatoms. The molecule has 1 heterocycles. The van der Waals surface area contributed by atoms with Crippen LogP contribution in [0.2, 0.25) is 0 Å². The van der Waals surface area contributed by atoms with Crippen molar-refractivity contribution in [2.45, 2.75) is 13.3 Å². The van der Waals surface area contributed by atoms with E-state index in [0.717, 1.165) is 17.1 Å². The number of amides is 1. The smallest absolute Gasteiger partial charge is 0.226 e. The molecule has 0 unspecified atom stereocenters. The van der Waals surface area contributed by atoms with Crippen molar-refractivity contribution in [3.63, 3.8) is 0 Å². The summed E-state index contributed by atoms with van der Waals surface area (Å²) in [5.41, 5.74) is 2.70. The van der Waals surface area contributed by atoms with E-state index in [1.165, 1.54) is 0 Å². The van der Waals surface area contributed by atoms with E-state index in [0.29, 0.717) is 13.0 Å². The van der Waals surface area contributed by atoms with Crippen LogP contribution < -0.4 is 5.32 Å². The predicted octanol–water partition coefficient (Wildman–Crippen LogP) is 2.16. The van der Waals surface area contributed by atoms with Crippen molar-refractivity contribution in [2.24, 2.45) is 0 Å². The van der Waals surface area contributed by atoms with Gasteiger partial charge in [0.25, 0.3) is 0 Å². The van der Waals surface area contributed by atoms with E-state index in [2.05, 4.69) is 10.4 Å². The van der Waals surface area contributed by atoms with Gasteiger partial charge >= 0.3 is 0 Å². The molecule has 0 atom stereocenters. The Morgan fingerprint density at radius 2 is 2.05 bits per heavy atom. The minimum Gasteiger partial charge on any atom is -0.384 e. The Kier molecular flexibility index (Phi) is 4.30. The molecule has 19 heavy (non-hydrogen) atoms. The number of methoxy groups -OCH3 is 1. The fraction of sp³-hybridized carbons (Fsp3) is 0.286. The van der Waals surface area contributed by atoms with Crippen LogP contribution in [0.3, 0.4) is 0 Å². The lowest BCUT2D eigenvalue weighted by atomic mass is 10.2. The fourth-order valence-electron chi connectivity index (χ4n) is 1.67. The highest BCUT2D eigenvalue weighted by Gasteiger charge is 2.03. The number of rotatable bonds is 5. The average molecular weight is 259 g/mol. The van der Waals surface area contributed by atoms with Gasteiger partial charge in [0, 0.05) is 19.0 Å². The zero-order valence-electron chi connectivity index (χ0n) is 11.1. The largest absolute Gasteiger partial charge is 0.384 e. The van der Waals surface area contributed by atoms with Gasteiger partial charge in [0.05, 0.1) is 24.4 Å². The summed E-state index contributed by atoms with van der Waals surface area (Å²) in [7, 11) is 1.58. The van der Waals surface area contributed by atoms with Crippen LogP contribution in [-0.4, -0.2) is 29.4 Å². The third-order valence-electron chi connectivity index (χ3n) is 2.67. The number of hydrogen-bond acceptors (Lipinski definition) is 3. The van der Waals surface area contributed by atoms with Crippen molar-refractivity contribution in [2.75, 3.05) is 19.0 Å². The van der Waals surface area contributed by atoms with Gasteiger partial charge in [-0.25, -0.2) is 4.68 Å². The van der Waals surface area contributed by atoms with E-state index >= 15 is 0 Å². The van der Waals surface area contributed by atoms with E-state index in [-0.39, 0.29) is 5.91 Å². The van der Waals surface area contributed by atoms with Crippen LogP contribution in [-0.2, 0) is 9.53 Å². The second-order valence-electron chi connectivity index (χ2n) is 4.24. The molecule has 1 amide bonds. The van der Waals surface area contributed by atoms with Gasteiger partial charge in [0.2, 0.25) is 5.91 Å². The van der Waals surface area contributed by atoms with Crippen molar-refractivity contribution in [1.29, 1.82) is 0 Å². The summed E-state index contributed by atoms with van der Waals surface area (Å²) in [6.45, 7) is 2.37. The van der Waals surface area contributed by atoms with Crippen molar-refractivity contribution in [3.8, 4) is 5.69 Å². The lowest BCUT2D eigenvalue weighted by Crippen LogP contribution is -2.13.